The zero-order valence-electron chi connectivity index (χ0n) is 7.96. The highest BCUT2D eigenvalue weighted by atomic mass is 19.2. The number of carbonyl (C=O) groups is 1. The summed E-state index contributed by atoms with van der Waals surface area (Å²) < 4.78 is 25.7. The molecule has 0 N–H and O–H groups in total. The molecule has 0 saturated carbocycles. The summed E-state index contributed by atoms with van der Waals surface area (Å²) in [5.74, 6) is 0. The Bertz CT molecular complexity index is 221. The second-order valence-electron chi connectivity index (χ2n) is 3.91. The largest absolute Gasteiger partial charge is 0.325 e. The molecule has 0 aliphatic carbocycles. The van der Waals surface area contributed by atoms with Crippen molar-refractivity contribution in [1.82, 2.24) is 9.80 Å². The lowest BCUT2D eigenvalue weighted by molar-refractivity contribution is 0.168. The van der Waals surface area contributed by atoms with Crippen LogP contribution in [0.15, 0.2) is 0 Å². The molecule has 0 spiro atoms. The molecule has 0 radical (unpaired) electrons. The van der Waals surface area contributed by atoms with Crippen LogP contribution in [-0.2, 0) is 0 Å². The minimum atomic E-state index is -1.50. The quantitative estimate of drug-likeness (QED) is 0.581. The molecule has 2 aliphatic heterocycles. The van der Waals surface area contributed by atoms with Crippen molar-refractivity contribution >= 4 is 6.03 Å². The summed E-state index contributed by atoms with van der Waals surface area (Å²) >= 11 is 0. The molecule has 2 saturated heterocycles. The maximum absolute atomic E-state index is 12.8. The number of hydrogen-bond donors (Lipinski definition) is 0. The van der Waals surface area contributed by atoms with Gasteiger partial charge in [-0.25, -0.2) is 13.6 Å². The summed E-state index contributed by atoms with van der Waals surface area (Å²) in [6.45, 7) is 1.28. The molecule has 2 heterocycles. The van der Waals surface area contributed by atoms with Crippen LogP contribution in [0.4, 0.5) is 13.6 Å². The van der Waals surface area contributed by atoms with Crippen molar-refractivity contribution in [3.63, 3.8) is 0 Å². The Morgan fingerprint density at radius 2 is 1.50 bits per heavy atom. The number of likely N-dealkylation sites (tertiary alicyclic amines) is 2. The van der Waals surface area contributed by atoms with Gasteiger partial charge in [-0.05, 0) is 12.8 Å². The molecule has 80 valence electrons. The Kier molecular flexibility index (Phi) is 2.56. The summed E-state index contributed by atoms with van der Waals surface area (Å²) in [4.78, 5) is 14.6. The van der Waals surface area contributed by atoms with E-state index in [1.807, 2.05) is 0 Å². The van der Waals surface area contributed by atoms with Crippen LogP contribution in [-0.4, -0.2) is 54.4 Å². The van der Waals surface area contributed by atoms with E-state index in [0.29, 0.717) is 0 Å². The molecule has 2 atom stereocenters. The lowest BCUT2D eigenvalue weighted by Crippen LogP contribution is -2.40. The van der Waals surface area contributed by atoms with Crippen LogP contribution in [0.25, 0.3) is 0 Å². The number of amides is 2. The molecule has 3 nitrogen and oxygen atoms in total. The van der Waals surface area contributed by atoms with Crippen LogP contribution >= 0.6 is 0 Å². The Morgan fingerprint density at radius 1 is 1.00 bits per heavy atom. The lowest BCUT2D eigenvalue weighted by atomic mass is 10.3. The summed E-state index contributed by atoms with van der Waals surface area (Å²) in [5, 5.41) is 0. The molecular weight excluding hydrogens is 190 g/mol. The first-order valence-corrected chi connectivity index (χ1v) is 5.00. The van der Waals surface area contributed by atoms with Gasteiger partial charge in [-0.2, -0.15) is 0 Å². The third-order valence-corrected chi connectivity index (χ3v) is 2.83. The fourth-order valence-corrected chi connectivity index (χ4v) is 1.99. The number of urea groups is 1. The Balaban J connectivity index is 1.92. The summed E-state index contributed by atoms with van der Waals surface area (Å²) in [6, 6.07) is -0.203. The average molecular weight is 204 g/mol. The van der Waals surface area contributed by atoms with Gasteiger partial charge in [0.15, 0.2) is 12.3 Å². The van der Waals surface area contributed by atoms with E-state index < -0.39 is 12.3 Å². The second kappa shape index (κ2) is 3.71. The van der Waals surface area contributed by atoms with Crippen LogP contribution < -0.4 is 0 Å². The zero-order valence-corrected chi connectivity index (χ0v) is 7.96. The fraction of sp³-hybridized carbons (Fsp3) is 0.889. The highest BCUT2D eigenvalue weighted by Gasteiger charge is 2.37. The van der Waals surface area contributed by atoms with Crippen molar-refractivity contribution in [2.45, 2.75) is 25.2 Å². The maximum Gasteiger partial charge on any atom is 0.320 e. The summed E-state index contributed by atoms with van der Waals surface area (Å²) in [7, 11) is 0. The van der Waals surface area contributed by atoms with E-state index >= 15 is 0 Å². The van der Waals surface area contributed by atoms with Gasteiger partial charge in [-0.3, -0.25) is 0 Å². The van der Waals surface area contributed by atoms with Gasteiger partial charge in [0.25, 0.3) is 0 Å². The van der Waals surface area contributed by atoms with Crippen LogP contribution in [0.1, 0.15) is 12.8 Å². The highest BCUT2D eigenvalue weighted by Crippen LogP contribution is 2.19. The van der Waals surface area contributed by atoms with E-state index in [0.717, 1.165) is 25.9 Å². The molecule has 14 heavy (non-hydrogen) atoms. The van der Waals surface area contributed by atoms with Gasteiger partial charge < -0.3 is 9.80 Å². The van der Waals surface area contributed by atoms with Crippen molar-refractivity contribution in [3.05, 3.63) is 0 Å². The third-order valence-electron chi connectivity index (χ3n) is 2.83. The highest BCUT2D eigenvalue weighted by molar-refractivity contribution is 5.75. The number of nitrogens with zero attached hydrogens (tertiary/aromatic N) is 2. The minimum Gasteiger partial charge on any atom is -0.325 e. The molecule has 2 amide bonds. The molecule has 2 fully saturated rings. The molecule has 5 heteroatoms. The van der Waals surface area contributed by atoms with Gasteiger partial charge >= 0.3 is 6.03 Å². The Morgan fingerprint density at radius 3 is 2.00 bits per heavy atom. The number of hydrogen-bond acceptors (Lipinski definition) is 1. The number of carbonyl (C=O) groups excluding carboxylic acids is 1. The van der Waals surface area contributed by atoms with Crippen molar-refractivity contribution in [2.75, 3.05) is 26.2 Å². The SMILES string of the molecule is O=C(N1CCCC1)N1CC(F)C(F)C1. The maximum atomic E-state index is 12.8. The first-order chi connectivity index (χ1) is 6.68. The predicted octanol–water partition coefficient (Wildman–Crippen LogP) is 1.19. The zero-order chi connectivity index (χ0) is 10.1. The van der Waals surface area contributed by atoms with Gasteiger partial charge in [0.1, 0.15) is 0 Å². The van der Waals surface area contributed by atoms with Gasteiger partial charge in [-0.15, -0.1) is 0 Å². The van der Waals surface area contributed by atoms with Crippen molar-refractivity contribution in [1.29, 1.82) is 0 Å². The van der Waals surface area contributed by atoms with E-state index in [1.165, 1.54) is 4.90 Å². The molecule has 0 aromatic heterocycles. The van der Waals surface area contributed by atoms with E-state index in [2.05, 4.69) is 0 Å². The average Bonchev–Trinajstić information content (AvgIpc) is 2.76. The van der Waals surface area contributed by atoms with Crippen LogP contribution in [0.5, 0.6) is 0 Å². The Hall–Kier alpha value is -0.870. The molecule has 2 unspecified atom stereocenters. The third kappa shape index (κ3) is 1.67. The van der Waals surface area contributed by atoms with Crippen LogP contribution in [0.3, 0.4) is 0 Å². The minimum absolute atomic E-state index is 0.0868. The van der Waals surface area contributed by atoms with Gasteiger partial charge in [0.05, 0.1) is 13.1 Å². The van der Waals surface area contributed by atoms with Crippen molar-refractivity contribution < 1.29 is 13.6 Å². The molecular formula is C9H14F2N2O. The Labute approximate surface area is 81.7 Å². The summed E-state index contributed by atoms with van der Waals surface area (Å²) in [6.07, 6.45) is -1.00. The first kappa shape index (κ1) is 9.68. The van der Waals surface area contributed by atoms with E-state index in [-0.39, 0.29) is 19.1 Å². The van der Waals surface area contributed by atoms with Crippen LogP contribution in [0.2, 0.25) is 0 Å². The molecule has 0 aromatic rings. The van der Waals surface area contributed by atoms with Crippen molar-refractivity contribution in [2.24, 2.45) is 0 Å². The van der Waals surface area contributed by atoms with Crippen LogP contribution in [0, 0.1) is 0 Å². The lowest BCUT2D eigenvalue weighted by Gasteiger charge is -2.23. The molecule has 0 aromatic carbocycles. The first-order valence-electron chi connectivity index (χ1n) is 5.00. The molecule has 0 bridgehead atoms. The van der Waals surface area contributed by atoms with Crippen molar-refractivity contribution in [3.8, 4) is 0 Å². The number of halogens is 2. The predicted molar refractivity (Wildman–Crippen MR) is 47.6 cm³/mol. The van der Waals surface area contributed by atoms with Gasteiger partial charge in [0.2, 0.25) is 0 Å². The standard InChI is InChI=1S/C9H14F2N2O/c10-7-5-13(6-8(7)11)9(14)12-3-1-2-4-12/h7-8H,1-6H2. The summed E-state index contributed by atoms with van der Waals surface area (Å²) in [5.41, 5.74) is 0. The van der Waals surface area contributed by atoms with E-state index in [9.17, 15) is 13.6 Å². The molecule has 2 aliphatic rings. The van der Waals surface area contributed by atoms with E-state index in [1.54, 1.807) is 4.90 Å². The fourth-order valence-electron chi connectivity index (χ4n) is 1.99. The van der Waals surface area contributed by atoms with Gasteiger partial charge in [0, 0.05) is 13.1 Å². The number of alkyl halides is 2. The second-order valence-corrected chi connectivity index (χ2v) is 3.91. The smallest absolute Gasteiger partial charge is 0.320 e. The molecule has 2 rings (SSSR count). The van der Waals surface area contributed by atoms with Gasteiger partial charge in [-0.1, -0.05) is 0 Å². The number of rotatable bonds is 0. The van der Waals surface area contributed by atoms with E-state index in [4.69, 9.17) is 0 Å². The topological polar surface area (TPSA) is 23.6 Å². The monoisotopic (exact) mass is 204 g/mol. The normalized spacial score (nSPS) is 32.7.